The number of hydrazine groups is 1. The summed E-state index contributed by atoms with van der Waals surface area (Å²) in [4.78, 5) is 4.17. The number of nitrogens with one attached hydrogen (secondary N) is 1. The topological polar surface area (TPSA) is 50.9 Å². The van der Waals surface area contributed by atoms with Crippen molar-refractivity contribution in [2.24, 2.45) is 11.8 Å². The molecule has 1 rings (SSSR count). The zero-order valence-electron chi connectivity index (χ0n) is 9.91. The standard InChI is InChI=1S/C12H20BrN3/c1-3-9(4-2)5-12(16-14)10-6-11(13)8-15-7-10/h6-9,12,16H,3-5,14H2,1-2H3. The van der Waals surface area contributed by atoms with Crippen LogP contribution in [-0.2, 0) is 0 Å². The Balaban J connectivity index is 2.74. The summed E-state index contributed by atoms with van der Waals surface area (Å²) in [6.07, 6.45) is 7.10. The first-order valence-electron chi connectivity index (χ1n) is 5.77. The van der Waals surface area contributed by atoms with Crippen molar-refractivity contribution in [2.45, 2.75) is 39.2 Å². The van der Waals surface area contributed by atoms with E-state index in [0.29, 0.717) is 5.92 Å². The van der Waals surface area contributed by atoms with Crippen LogP contribution in [0, 0.1) is 5.92 Å². The van der Waals surface area contributed by atoms with E-state index in [4.69, 9.17) is 5.84 Å². The van der Waals surface area contributed by atoms with E-state index in [1.165, 1.54) is 12.8 Å². The lowest BCUT2D eigenvalue weighted by atomic mass is 9.92. The molecule has 0 aliphatic rings. The first kappa shape index (κ1) is 13.6. The molecule has 3 N–H and O–H groups in total. The maximum Gasteiger partial charge on any atom is 0.0478 e. The molecule has 1 unspecified atom stereocenters. The molecule has 0 aromatic carbocycles. The Morgan fingerprint density at radius 2 is 2.06 bits per heavy atom. The van der Waals surface area contributed by atoms with Gasteiger partial charge in [-0.25, -0.2) is 0 Å². The van der Waals surface area contributed by atoms with Gasteiger partial charge in [-0.05, 0) is 39.9 Å². The van der Waals surface area contributed by atoms with Crippen molar-refractivity contribution in [1.29, 1.82) is 0 Å². The molecule has 4 heteroatoms. The lowest BCUT2D eigenvalue weighted by Gasteiger charge is -2.21. The zero-order valence-corrected chi connectivity index (χ0v) is 11.5. The molecule has 0 amide bonds. The first-order chi connectivity index (χ1) is 7.71. The van der Waals surface area contributed by atoms with E-state index < -0.39 is 0 Å². The van der Waals surface area contributed by atoms with Crippen molar-refractivity contribution in [3.63, 3.8) is 0 Å². The maximum atomic E-state index is 5.62. The average Bonchev–Trinajstić information content (AvgIpc) is 2.31. The monoisotopic (exact) mass is 285 g/mol. The summed E-state index contributed by atoms with van der Waals surface area (Å²) in [7, 11) is 0. The van der Waals surface area contributed by atoms with E-state index >= 15 is 0 Å². The van der Waals surface area contributed by atoms with Crippen LogP contribution in [0.25, 0.3) is 0 Å². The summed E-state index contributed by atoms with van der Waals surface area (Å²) in [5, 5.41) is 0. The molecule has 0 saturated heterocycles. The molecule has 0 bridgehead atoms. The van der Waals surface area contributed by atoms with Crippen LogP contribution in [0.5, 0.6) is 0 Å². The van der Waals surface area contributed by atoms with Gasteiger partial charge in [-0.15, -0.1) is 0 Å². The molecule has 0 radical (unpaired) electrons. The summed E-state index contributed by atoms with van der Waals surface area (Å²) >= 11 is 3.43. The van der Waals surface area contributed by atoms with Crippen molar-refractivity contribution in [2.75, 3.05) is 0 Å². The third-order valence-electron chi connectivity index (χ3n) is 3.05. The summed E-state index contributed by atoms with van der Waals surface area (Å²) < 4.78 is 0.995. The van der Waals surface area contributed by atoms with E-state index in [0.717, 1.165) is 16.5 Å². The molecule has 1 atom stereocenters. The van der Waals surface area contributed by atoms with Crippen LogP contribution in [0.2, 0.25) is 0 Å². The predicted octanol–water partition coefficient (Wildman–Crippen LogP) is 3.17. The molecule has 3 nitrogen and oxygen atoms in total. The number of pyridine rings is 1. The highest BCUT2D eigenvalue weighted by Crippen LogP contribution is 2.25. The Kier molecular flexibility index (Phi) is 5.95. The van der Waals surface area contributed by atoms with Crippen LogP contribution in [0.4, 0.5) is 0 Å². The second kappa shape index (κ2) is 6.99. The molecule has 90 valence electrons. The largest absolute Gasteiger partial charge is 0.271 e. The Bertz CT molecular complexity index is 313. The van der Waals surface area contributed by atoms with Gasteiger partial charge in [0.05, 0.1) is 0 Å². The van der Waals surface area contributed by atoms with Gasteiger partial charge in [0.15, 0.2) is 0 Å². The molecular formula is C12H20BrN3. The predicted molar refractivity (Wildman–Crippen MR) is 70.7 cm³/mol. The minimum Gasteiger partial charge on any atom is -0.271 e. The summed E-state index contributed by atoms with van der Waals surface area (Å²) in [6, 6.07) is 2.26. The van der Waals surface area contributed by atoms with Crippen LogP contribution in [-0.4, -0.2) is 4.98 Å². The fourth-order valence-corrected chi connectivity index (χ4v) is 2.26. The molecule has 0 aliphatic heterocycles. The summed E-state index contributed by atoms with van der Waals surface area (Å²) in [5.74, 6) is 6.33. The lowest BCUT2D eigenvalue weighted by molar-refractivity contribution is 0.374. The van der Waals surface area contributed by atoms with Gasteiger partial charge in [-0.3, -0.25) is 16.3 Å². The van der Waals surface area contributed by atoms with E-state index in [1.807, 2.05) is 6.20 Å². The fraction of sp³-hybridized carbons (Fsp3) is 0.583. The van der Waals surface area contributed by atoms with Gasteiger partial charge in [0.25, 0.3) is 0 Å². The van der Waals surface area contributed by atoms with Crippen LogP contribution >= 0.6 is 15.9 Å². The van der Waals surface area contributed by atoms with E-state index in [-0.39, 0.29) is 6.04 Å². The van der Waals surface area contributed by atoms with Crippen LogP contribution < -0.4 is 11.3 Å². The van der Waals surface area contributed by atoms with Gasteiger partial charge in [0.1, 0.15) is 0 Å². The molecule has 0 spiro atoms. The SMILES string of the molecule is CCC(CC)CC(NN)c1cncc(Br)c1. The molecular weight excluding hydrogens is 266 g/mol. The minimum atomic E-state index is 0.190. The highest BCUT2D eigenvalue weighted by atomic mass is 79.9. The van der Waals surface area contributed by atoms with Crippen LogP contribution in [0.15, 0.2) is 22.9 Å². The lowest BCUT2D eigenvalue weighted by Crippen LogP contribution is -2.29. The fourth-order valence-electron chi connectivity index (χ4n) is 1.87. The number of hydrogen-bond donors (Lipinski definition) is 2. The second-order valence-electron chi connectivity index (χ2n) is 4.07. The number of rotatable bonds is 6. The number of hydrogen-bond acceptors (Lipinski definition) is 3. The van der Waals surface area contributed by atoms with Crippen molar-refractivity contribution >= 4 is 15.9 Å². The van der Waals surface area contributed by atoms with Gasteiger partial charge in [0, 0.05) is 22.9 Å². The van der Waals surface area contributed by atoms with E-state index in [1.54, 1.807) is 6.20 Å². The van der Waals surface area contributed by atoms with Gasteiger partial charge in [0.2, 0.25) is 0 Å². The Labute approximate surface area is 106 Å². The zero-order chi connectivity index (χ0) is 12.0. The molecule has 0 saturated carbocycles. The molecule has 0 fully saturated rings. The van der Waals surface area contributed by atoms with Gasteiger partial charge >= 0.3 is 0 Å². The van der Waals surface area contributed by atoms with Gasteiger partial charge < -0.3 is 0 Å². The Morgan fingerprint density at radius 3 is 2.56 bits per heavy atom. The third-order valence-corrected chi connectivity index (χ3v) is 3.49. The molecule has 1 aromatic rings. The van der Waals surface area contributed by atoms with Gasteiger partial charge in [-0.1, -0.05) is 26.7 Å². The smallest absolute Gasteiger partial charge is 0.0478 e. The number of aromatic nitrogens is 1. The maximum absolute atomic E-state index is 5.62. The Morgan fingerprint density at radius 1 is 1.38 bits per heavy atom. The van der Waals surface area contributed by atoms with E-state index in [2.05, 4.69) is 46.3 Å². The van der Waals surface area contributed by atoms with Gasteiger partial charge in [-0.2, -0.15) is 0 Å². The highest BCUT2D eigenvalue weighted by molar-refractivity contribution is 9.10. The molecule has 16 heavy (non-hydrogen) atoms. The Hall–Kier alpha value is -0.450. The number of nitrogens with two attached hydrogens (primary N) is 1. The summed E-state index contributed by atoms with van der Waals surface area (Å²) in [5.41, 5.74) is 4.03. The quantitative estimate of drug-likeness (QED) is 0.624. The van der Waals surface area contributed by atoms with Crippen LogP contribution in [0.3, 0.4) is 0 Å². The van der Waals surface area contributed by atoms with Crippen molar-refractivity contribution in [1.82, 2.24) is 10.4 Å². The molecule has 1 aromatic heterocycles. The normalized spacial score (nSPS) is 13.1. The van der Waals surface area contributed by atoms with Crippen molar-refractivity contribution in [3.8, 4) is 0 Å². The minimum absolute atomic E-state index is 0.190. The molecule has 1 heterocycles. The average molecular weight is 286 g/mol. The number of nitrogens with zero attached hydrogens (tertiary/aromatic N) is 1. The highest BCUT2D eigenvalue weighted by Gasteiger charge is 2.15. The van der Waals surface area contributed by atoms with Crippen molar-refractivity contribution < 1.29 is 0 Å². The number of halogens is 1. The van der Waals surface area contributed by atoms with Crippen LogP contribution in [0.1, 0.15) is 44.7 Å². The first-order valence-corrected chi connectivity index (χ1v) is 6.57. The second-order valence-corrected chi connectivity index (χ2v) is 4.99. The van der Waals surface area contributed by atoms with E-state index in [9.17, 15) is 0 Å². The summed E-state index contributed by atoms with van der Waals surface area (Å²) in [6.45, 7) is 4.45. The third kappa shape index (κ3) is 3.85. The molecule has 0 aliphatic carbocycles. The van der Waals surface area contributed by atoms with Crippen molar-refractivity contribution in [3.05, 3.63) is 28.5 Å².